The lowest BCUT2D eigenvalue weighted by atomic mass is 9.92. The second-order valence-corrected chi connectivity index (χ2v) is 7.90. The summed E-state index contributed by atoms with van der Waals surface area (Å²) in [6, 6.07) is 19.9. The molecular formula is C26H24F2N2. The van der Waals surface area contributed by atoms with E-state index in [0.29, 0.717) is 24.1 Å². The third-order valence-electron chi connectivity index (χ3n) is 5.35. The van der Waals surface area contributed by atoms with Gasteiger partial charge in [0.05, 0.1) is 18.3 Å². The molecule has 2 nitrogen and oxygen atoms in total. The summed E-state index contributed by atoms with van der Waals surface area (Å²) in [5.41, 5.74) is 6.27. The minimum absolute atomic E-state index is 0.0865. The van der Waals surface area contributed by atoms with Crippen molar-refractivity contribution >= 4 is 5.71 Å². The molecule has 1 aliphatic heterocycles. The lowest BCUT2D eigenvalue weighted by Gasteiger charge is -2.24. The average Bonchev–Trinajstić information content (AvgIpc) is 3.11. The second kappa shape index (κ2) is 8.23. The van der Waals surface area contributed by atoms with Crippen molar-refractivity contribution in [3.63, 3.8) is 0 Å². The molecular weight excluding hydrogens is 378 g/mol. The van der Waals surface area contributed by atoms with Gasteiger partial charge in [0, 0.05) is 23.6 Å². The largest absolute Gasteiger partial charge is 0.285 e. The van der Waals surface area contributed by atoms with Crippen LogP contribution in [0, 0.1) is 18.6 Å². The van der Waals surface area contributed by atoms with Crippen LogP contribution in [0.4, 0.5) is 8.78 Å². The first kappa shape index (κ1) is 20.0. The Morgan fingerprint density at radius 2 is 1.70 bits per heavy atom. The molecule has 3 aromatic carbocycles. The first-order chi connectivity index (χ1) is 14.4. The van der Waals surface area contributed by atoms with Crippen molar-refractivity contribution in [1.29, 1.82) is 0 Å². The smallest absolute Gasteiger partial charge is 0.133 e. The van der Waals surface area contributed by atoms with Crippen LogP contribution in [0.25, 0.3) is 11.1 Å². The quantitative estimate of drug-likeness (QED) is 0.435. The number of aryl methyl sites for hydroxylation is 1. The number of rotatable bonds is 5. The maximum atomic E-state index is 14.5. The van der Waals surface area contributed by atoms with Gasteiger partial charge in [0.25, 0.3) is 0 Å². The van der Waals surface area contributed by atoms with Crippen molar-refractivity contribution in [3.8, 4) is 11.1 Å². The Labute approximate surface area is 176 Å². The molecule has 1 atom stereocenters. The predicted octanol–water partition coefficient (Wildman–Crippen LogP) is 6.67. The Bertz CT molecular complexity index is 1120. The number of halogens is 2. The molecule has 0 aromatic heterocycles. The normalized spacial score (nSPS) is 15.9. The average molecular weight is 402 g/mol. The SMILES string of the molecule is C=C(C)CN1N=C(c2ccccc2-c2ccc(F)cc2F)CC1c1ccc(C)cc1. The van der Waals surface area contributed by atoms with E-state index in [1.54, 1.807) is 0 Å². The lowest BCUT2D eigenvalue weighted by molar-refractivity contribution is 0.254. The van der Waals surface area contributed by atoms with Crippen molar-refractivity contribution in [1.82, 2.24) is 5.01 Å². The molecule has 1 heterocycles. The van der Waals surface area contributed by atoms with Gasteiger partial charge in [-0.15, -0.1) is 0 Å². The predicted molar refractivity (Wildman–Crippen MR) is 118 cm³/mol. The molecule has 0 radical (unpaired) electrons. The van der Waals surface area contributed by atoms with Crippen molar-refractivity contribution < 1.29 is 8.78 Å². The summed E-state index contributed by atoms with van der Waals surface area (Å²) >= 11 is 0. The minimum Gasteiger partial charge on any atom is -0.285 e. The van der Waals surface area contributed by atoms with Crippen LogP contribution in [-0.2, 0) is 0 Å². The Kier molecular flexibility index (Phi) is 5.49. The number of hydrogen-bond acceptors (Lipinski definition) is 2. The van der Waals surface area contributed by atoms with Gasteiger partial charge in [0.15, 0.2) is 0 Å². The molecule has 0 N–H and O–H groups in total. The molecule has 1 unspecified atom stereocenters. The van der Waals surface area contributed by atoms with E-state index in [0.717, 1.165) is 22.9 Å². The molecule has 4 rings (SSSR count). The van der Waals surface area contributed by atoms with E-state index in [2.05, 4.69) is 42.8 Å². The van der Waals surface area contributed by atoms with E-state index in [1.165, 1.54) is 23.3 Å². The van der Waals surface area contributed by atoms with Crippen LogP contribution in [0.3, 0.4) is 0 Å². The lowest BCUT2D eigenvalue weighted by Crippen LogP contribution is -2.21. The fraction of sp³-hybridized carbons (Fsp3) is 0.192. The van der Waals surface area contributed by atoms with Crippen molar-refractivity contribution in [2.24, 2.45) is 5.10 Å². The summed E-state index contributed by atoms with van der Waals surface area (Å²) in [6.07, 6.45) is 0.705. The van der Waals surface area contributed by atoms with Crippen LogP contribution in [0.2, 0.25) is 0 Å². The molecule has 30 heavy (non-hydrogen) atoms. The monoisotopic (exact) mass is 402 g/mol. The van der Waals surface area contributed by atoms with Gasteiger partial charge in [0.2, 0.25) is 0 Å². The Morgan fingerprint density at radius 1 is 1.00 bits per heavy atom. The highest BCUT2D eigenvalue weighted by atomic mass is 19.1. The zero-order valence-corrected chi connectivity index (χ0v) is 17.2. The third kappa shape index (κ3) is 4.04. The summed E-state index contributed by atoms with van der Waals surface area (Å²) in [5.74, 6) is -1.16. The molecule has 0 amide bonds. The summed E-state index contributed by atoms with van der Waals surface area (Å²) < 4.78 is 28.0. The van der Waals surface area contributed by atoms with E-state index >= 15 is 0 Å². The molecule has 0 saturated heterocycles. The molecule has 152 valence electrons. The fourth-order valence-corrected chi connectivity index (χ4v) is 3.90. The topological polar surface area (TPSA) is 15.6 Å². The molecule has 0 bridgehead atoms. The van der Waals surface area contributed by atoms with E-state index in [-0.39, 0.29) is 6.04 Å². The molecule has 0 spiro atoms. The number of hydrogen-bond donors (Lipinski definition) is 0. The van der Waals surface area contributed by atoms with Crippen LogP contribution in [0.5, 0.6) is 0 Å². The summed E-state index contributed by atoms with van der Waals surface area (Å²) in [7, 11) is 0. The van der Waals surface area contributed by atoms with Gasteiger partial charge >= 0.3 is 0 Å². The van der Waals surface area contributed by atoms with Gasteiger partial charge in [-0.25, -0.2) is 8.78 Å². The first-order valence-electron chi connectivity index (χ1n) is 10.0. The van der Waals surface area contributed by atoms with E-state index in [4.69, 9.17) is 5.10 Å². The van der Waals surface area contributed by atoms with E-state index in [1.807, 2.05) is 31.2 Å². The highest BCUT2D eigenvalue weighted by Crippen LogP contribution is 2.36. The van der Waals surface area contributed by atoms with E-state index in [9.17, 15) is 8.78 Å². The van der Waals surface area contributed by atoms with Gasteiger partial charge in [0.1, 0.15) is 11.6 Å². The van der Waals surface area contributed by atoms with Gasteiger partial charge in [-0.1, -0.05) is 66.2 Å². The van der Waals surface area contributed by atoms with Crippen molar-refractivity contribution in [2.75, 3.05) is 6.54 Å². The molecule has 0 aliphatic carbocycles. The van der Waals surface area contributed by atoms with Crippen LogP contribution in [0.1, 0.15) is 36.1 Å². The standard InChI is InChI=1S/C26H24F2N2/c1-17(2)16-30-26(19-10-8-18(3)9-11-19)15-25(29-30)23-7-5-4-6-21(23)22-13-12-20(27)14-24(22)28/h4-14,26H,1,15-16H2,2-3H3. The van der Waals surface area contributed by atoms with Crippen LogP contribution in [-0.4, -0.2) is 17.3 Å². The Balaban J connectivity index is 1.75. The zero-order chi connectivity index (χ0) is 21.3. The summed E-state index contributed by atoms with van der Waals surface area (Å²) in [5, 5.41) is 6.96. The number of nitrogens with zero attached hydrogens (tertiary/aromatic N) is 2. The molecule has 0 saturated carbocycles. The first-order valence-corrected chi connectivity index (χ1v) is 10.0. The Hall–Kier alpha value is -3.27. The van der Waals surface area contributed by atoms with Gasteiger partial charge in [-0.2, -0.15) is 5.10 Å². The van der Waals surface area contributed by atoms with Gasteiger partial charge < -0.3 is 0 Å². The molecule has 0 fully saturated rings. The van der Waals surface area contributed by atoms with Crippen molar-refractivity contribution in [2.45, 2.75) is 26.3 Å². The minimum atomic E-state index is -0.584. The summed E-state index contributed by atoms with van der Waals surface area (Å²) in [4.78, 5) is 0. The number of hydrazone groups is 1. The van der Waals surface area contributed by atoms with E-state index < -0.39 is 11.6 Å². The molecule has 4 heteroatoms. The highest BCUT2D eigenvalue weighted by molar-refractivity contribution is 6.07. The Morgan fingerprint density at radius 3 is 2.37 bits per heavy atom. The third-order valence-corrected chi connectivity index (χ3v) is 5.35. The van der Waals surface area contributed by atoms with Gasteiger partial charge in [-0.3, -0.25) is 5.01 Å². The maximum Gasteiger partial charge on any atom is 0.133 e. The fourth-order valence-electron chi connectivity index (χ4n) is 3.90. The maximum absolute atomic E-state index is 14.5. The van der Waals surface area contributed by atoms with Crippen LogP contribution in [0.15, 0.2) is 84.0 Å². The second-order valence-electron chi connectivity index (χ2n) is 7.90. The number of benzene rings is 3. The highest BCUT2D eigenvalue weighted by Gasteiger charge is 2.30. The van der Waals surface area contributed by atoms with Crippen molar-refractivity contribution in [3.05, 3.63) is 107 Å². The summed E-state index contributed by atoms with van der Waals surface area (Å²) in [6.45, 7) is 8.75. The molecule has 3 aromatic rings. The van der Waals surface area contributed by atoms with Crippen LogP contribution >= 0.6 is 0 Å². The molecule has 1 aliphatic rings. The van der Waals surface area contributed by atoms with Gasteiger partial charge in [-0.05, 0) is 37.1 Å². The van der Waals surface area contributed by atoms with Crippen LogP contribution < -0.4 is 0 Å². The zero-order valence-electron chi connectivity index (χ0n) is 17.2.